The predicted molar refractivity (Wildman–Crippen MR) is 52.2 cm³/mol. The van der Waals surface area contributed by atoms with Crippen molar-refractivity contribution in [1.82, 2.24) is 0 Å². The minimum absolute atomic E-state index is 0.0278. The molecule has 1 aliphatic rings. The number of hydrogen-bond acceptors (Lipinski definition) is 3. The van der Waals surface area contributed by atoms with E-state index < -0.39 is 15.9 Å². The Labute approximate surface area is 80.1 Å². The van der Waals surface area contributed by atoms with Crippen LogP contribution in [0.4, 0.5) is 0 Å². The van der Waals surface area contributed by atoms with E-state index in [1.54, 1.807) is 0 Å². The fraction of sp³-hybridized carbons (Fsp3) is 1.00. The van der Waals surface area contributed by atoms with E-state index in [2.05, 4.69) is 0 Å². The normalized spacial score (nSPS) is 31.5. The minimum atomic E-state index is -2.84. The molecule has 1 saturated heterocycles. The van der Waals surface area contributed by atoms with E-state index in [0.717, 1.165) is 6.42 Å². The SMILES string of the molecule is CCC(C)C(O)C1CCS(=O)(=O)C1. The van der Waals surface area contributed by atoms with Crippen LogP contribution >= 0.6 is 0 Å². The molecule has 4 heteroatoms. The Hall–Kier alpha value is -0.0900. The number of rotatable bonds is 3. The van der Waals surface area contributed by atoms with Crippen LogP contribution in [0.5, 0.6) is 0 Å². The number of aliphatic hydroxyl groups excluding tert-OH is 1. The Kier molecular flexibility index (Phi) is 3.35. The van der Waals surface area contributed by atoms with Crippen molar-refractivity contribution in [2.75, 3.05) is 11.5 Å². The van der Waals surface area contributed by atoms with Gasteiger partial charge in [-0.25, -0.2) is 8.42 Å². The lowest BCUT2D eigenvalue weighted by Crippen LogP contribution is -2.28. The summed E-state index contributed by atoms with van der Waals surface area (Å²) in [6.07, 6.45) is 1.09. The van der Waals surface area contributed by atoms with Crippen molar-refractivity contribution < 1.29 is 13.5 Å². The summed E-state index contributed by atoms with van der Waals surface area (Å²) >= 11 is 0. The third-order valence-corrected chi connectivity index (χ3v) is 4.77. The quantitative estimate of drug-likeness (QED) is 0.744. The van der Waals surface area contributed by atoms with Crippen LogP contribution in [0.2, 0.25) is 0 Å². The first-order chi connectivity index (χ1) is 5.96. The Balaban J connectivity index is 2.56. The molecule has 0 radical (unpaired) electrons. The second-order valence-corrected chi connectivity index (χ2v) is 6.27. The molecule has 1 heterocycles. The van der Waals surface area contributed by atoms with Crippen molar-refractivity contribution in [3.8, 4) is 0 Å². The fourth-order valence-electron chi connectivity index (χ4n) is 1.80. The van der Waals surface area contributed by atoms with Crippen molar-refractivity contribution in [3.63, 3.8) is 0 Å². The maximum atomic E-state index is 11.1. The molecule has 1 rings (SSSR count). The van der Waals surface area contributed by atoms with Crippen molar-refractivity contribution in [2.45, 2.75) is 32.8 Å². The lowest BCUT2D eigenvalue weighted by molar-refractivity contribution is 0.0661. The largest absolute Gasteiger partial charge is 0.393 e. The molecular formula is C9H18O3S. The van der Waals surface area contributed by atoms with Gasteiger partial charge < -0.3 is 5.11 Å². The van der Waals surface area contributed by atoms with Crippen LogP contribution in [0.3, 0.4) is 0 Å². The molecule has 0 aromatic rings. The van der Waals surface area contributed by atoms with Gasteiger partial charge in [0.25, 0.3) is 0 Å². The van der Waals surface area contributed by atoms with E-state index in [9.17, 15) is 13.5 Å². The molecule has 3 atom stereocenters. The molecule has 1 fully saturated rings. The smallest absolute Gasteiger partial charge is 0.150 e. The third-order valence-electron chi connectivity index (χ3n) is 2.98. The molecule has 0 aromatic carbocycles. The highest BCUT2D eigenvalue weighted by Crippen LogP contribution is 2.26. The van der Waals surface area contributed by atoms with Gasteiger partial charge in [-0.05, 0) is 18.3 Å². The first-order valence-corrected chi connectivity index (χ1v) is 6.67. The van der Waals surface area contributed by atoms with Gasteiger partial charge in [-0.1, -0.05) is 20.3 Å². The van der Waals surface area contributed by atoms with Gasteiger partial charge in [0.1, 0.15) is 0 Å². The predicted octanol–water partition coefficient (Wildman–Crippen LogP) is 0.828. The average molecular weight is 206 g/mol. The van der Waals surface area contributed by atoms with Gasteiger partial charge in [-0.3, -0.25) is 0 Å². The molecule has 0 amide bonds. The first kappa shape index (κ1) is 11.0. The highest BCUT2D eigenvalue weighted by molar-refractivity contribution is 7.91. The molecule has 0 aliphatic carbocycles. The summed E-state index contributed by atoms with van der Waals surface area (Å²) in [6.45, 7) is 3.98. The van der Waals surface area contributed by atoms with Crippen molar-refractivity contribution >= 4 is 9.84 Å². The topological polar surface area (TPSA) is 54.4 Å². The highest BCUT2D eigenvalue weighted by Gasteiger charge is 2.34. The number of hydrogen-bond donors (Lipinski definition) is 1. The molecule has 0 spiro atoms. The van der Waals surface area contributed by atoms with Crippen LogP contribution < -0.4 is 0 Å². The summed E-state index contributed by atoms with van der Waals surface area (Å²) in [5.74, 6) is 0.613. The van der Waals surface area contributed by atoms with Crippen LogP contribution in [-0.2, 0) is 9.84 Å². The van der Waals surface area contributed by atoms with Gasteiger partial charge in [-0.2, -0.15) is 0 Å². The lowest BCUT2D eigenvalue weighted by atomic mass is 9.90. The highest BCUT2D eigenvalue weighted by atomic mass is 32.2. The molecule has 0 saturated carbocycles. The van der Waals surface area contributed by atoms with Gasteiger partial charge >= 0.3 is 0 Å². The maximum Gasteiger partial charge on any atom is 0.150 e. The van der Waals surface area contributed by atoms with Gasteiger partial charge in [0.2, 0.25) is 0 Å². The molecule has 3 nitrogen and oxygen atoms in total. The van der Waals surface area contributed by atoms with Gasteiger partial charge in [0.05, 0.1) is 17.6 Å². The molecule has 1 N–H and O–H groups in total. The average Bonchev–Trinajstić information content (AvgIpc) is 2.43. The van der Waals surface area contributed by atoms with Crippen molar-refractivity contribution in [2.24, 2.45) is 11.8 Å². The van der Waals surface area contributed by atoms with Crippen molar-refractivity contribution in [3.05, 3.63) is 0 Å². The monoisotopic (exact) mass is 206 g/mol. The molecule has 78 valence electrons. The lowest BCUT2D eigenvalue weighted by Gasteiger charge is -2.22. The van der Waals surface area contributed by atoms with Crippen LogP contribution in [0.15, 0.2) is 0 Å². The van der Waals surface area contributed by atoms with Crippen LogP contribution in [0.25, 0.3) is 0 Å². The van der Waals surface area contributed by atoms with Crippen LogP contribution in [-0.4, -0.2) is 31.1 Å². The molecule has 3 unspecified atom stereocenters. The standard InChI is InChI=1S/C9H18O3S/c1-3-7(2)9(10)8-4-5-13(11,12)6-8/h7-10H,3-6H2,1-2H3. The summed E-state index contributed by atoms with van der Waals surface area (Å²) in [5, 5.41) is 9.79. The van der Waals surface area contributed by atoms with Gasteiger partial charge in [0.15, 0.2) is 9.84 Å². The molecular weight excluding hydrogens is 188 g/mol. The first-order valence-electron chi connectivity index (χ1n) is 4.84. The Morgan fingerprint density at radius 3 is 2.54 bits per heavy atom. The van der Waals surface area contributed by atoms with E-state index in [-0.39, 0.29) is 23.3 Å². The zero-order valence-electron chi connectivity index (χ0n) is 8.23. The summed E-state index contributed by atoms with van der Waals surface area (Å²) in [4.78, 5) is 0. The molecule has 0 bridgehead atoms. The summed E-state index contributed by atoms with van der Waals surface area (Å²) in [5.41, 5.74) is 0. The Morgan fingerprint density at radius 1 is 1.54 bits per heavy atom. The van der Waals surface area contributed by atoms with Gasteiger partial charge in [-0.15, -0.1) is 0 Å². The fourth-order valence-corrected chi connectivity index (χ4v) is 3.64. The van der Waals surface area contributed by atoms with Crippen LogP contribution in [0, 0.1) is 11.8 Å². The minimum Gasteiger partial charge on any atom is -0.393 e. The van der Waals surface area contributed by atoms with E-state index in [4.69, 9.17) is 0 Å². The number of aliphatic hydroxyl groups is 1. The van der Waals surface area contributed by atoms with Crippen LogP contribution in [0.1, 0.15) is 26.7 Å². The maximum absolute atomic E-state index is 11.1. The van der Waals surface area contributed by atoms with E-state index >= 15 is 0 Å². The van der Waals surface area contributed by atoms with E-state index in [1.165, 1.54) is 0 Å². The Bertz CT molecular complexity index is 258. The van der Waals surface area contributed by atoms with Crippen molar-refractivity contribution in [1.29, 1.82) is 0 Å². The Morgan fingerprint density at radius 2 is 2.15 bits per heavy atom. The summed E-state index contributed by atoms with van der Waals surface area (Å²) in [6, 6.07) is 0. The van der Waals surface area contributed by atoms with Gasteiger partial charge in [0, 0.05) is 0 Å². The van der Waals surface area contributed by atoms with E-state index in [0.29, 0.717) is 6.42 Å². The zero-order valence-corrected chi connectivity index (χ0v) is 9.05. The molecule has 0 aromatic heterocycles. The second kappa shape index (κ2) is 3.96. The van der Waals surface area contributed by atoms with E-state index in [1.807, 2.05) is 13.8 Å². The third kappa shape index (κ3) is 2.68. The molecule has 13 heavy (non-hydrogen) atoms. The summed E-state index contributed by atoms with van der Waals surface area (Å²) in [7, 11) is -2.84. The zero-order chi connectivity index (χ0) is 10.1. The number of sulfone groups is 1. The summed E-state index contributed by atoms with van der Waals surface area (Å²) < 4.78 is 22.3. The second-order valence-electron chi connectivity index (χ2n) is 4.04. The molecule has 1 aliphatic heterocycles.